The first-order chi connectivity index (χ1) is 9.49. The Labute approximate surface area is 135 Å². The van der Waals surface area contributed by atoms with Crippen molar-refractivity contribution >= 4 is 18.3 Å². The monoisotopic (exact) mass is 318 g/mol. The second-order valence-corrected chi connectivity index (χ2v) is 7.27. The summed E-state index contributed by atoms with van der Waals surface area (Å²) in [6.07, 6.45) is 5.26. The largest absolute Gasteiger partial charge is 0.384 e. The number of carbonyl (C=O) groups is 1. The molecule has 0 saturated carbocycles. The number of rotatable bonds is 3. The molecule has 0 aromatic heterocycles. The second kappa shape index (κ2) is 7.80. The number of halogens is 1. The highest BCUT2D eigenvalue weighted by molar-refractivity contribution is 5.85. The fraction of sp³-hybridized carbons (Fsp3) is 0.938. The molecule has 2 aliphatic rings. The topological polar surface area (TPSA) is 41.6 Å². The van der Waals surface area contributed by atoms with Gasteiger partial charge in [-0.15, -0.1) is 12.4 Å². The summed E-state index contributed by atoms with van der Waals surface area (Å²) in [6, 6.07) is 0. The molecule has 5 heteroatoms. The number of nitrogens with zero attached hydrogens (tertiary/aromatic N) is 1. The smallest absolute Gasteiger partial charge is 0.231 e. The number of ether oxygens (including phenoxy) is 1. The summed E-state index contributed by atoms with van der Waals surface area (Å²) in [5, 5.41) is 3.35. The summed E-state index contributed by atoms with van der Waals surface area (Å²) in [6.45, 7) is 8.87. The molecular formula is C16H31ClN2O2. The average Bonchev–Trinajstić information content (AvgIpc) is 2.60. The lowest BCUT2D eigenvalue weighted by Gasteiger charge is -2.39. The van der Waals surface area contributed by atoms with Crippen LogP contribution in [-0.2, 0) is 9.53 Å². The predicted molar refractivity (Wildman–Crippen MR) is 87.9 cm³/mol. The van der Waals surface area contributed by atoms with E-state index in [0.717, 1.165) is 51.9 Å². The van der Waals surface area contributed by atoms with Crippen molar-refractivity contribution in [2.24, 2.45) is 10.8 Å². The lowest BCUT2D eigenvalue weighted by atomic mass is 9.78. The van der Waals surface area contributed by atoms with Gasteiger partial charge in [-0.05, 0) is 50.6 Å². The molecule has 21 heavy (non-hydrogen) atoms. The summed E-state index contributed by atoms with van der Waals surface area (Å²) in [5.74, 6) is 0.332. The fourth-order valence-electron chi connectivity index (χ4n) is 3.56. The highest BCUT2D eigenvalue weighted by Gasteiger charge is 2.42. The molecule has 0 atom stereocenters. The maximum atomic E-state index is 13.0. The van der Waals surface area contributed by atoms with Crippen LogP contribution in [0.5, 0.6) is 0 Å². The molecule has 2 saturated heterocycles. The van der Waals surface area contributed by atoms with Crippen LogP contribution in [0.1, 0.15) is 46.0 Å². The molecule has 2 fully saturated rings. The number of nitrogens with one attached hydrogen (secondary N) is 1. The van der Waals surface area contributed by atoms with Gasteiger partial charge in [0.15, 0.2) is 0 Å². The molecule has 0 aliphatic carbocycles. The van der Waals surface area contributed by atoms with Gasteiger partial charge >= 0.3 is 0 Å². The maximum Gasteiger partial charge on any atom is 0.231 e. The van der Waals surface area contributed by atoms with E-state index in [-0.39, 0.29) is 17.8 Å². The van der Waals surface area contributed by atoms with Crippen molar-refractivity contribution in [1.29, 1.82) is 0 Å². The molecule has 0 spiro atoms. The van der Waals surface area contributed by atoms with E-state index in [2.05, 4.69) is 24.1 Å². The van der Waals surface area contributed by atoms with Crippen molar-refractivity contribution in [3.05, 3.63) is 0 Å². The number of amides is 1. The van der Waals surface area contributed by atoms with Gasteiger partial charge in [-0.1, -0.05) is 13.8 Å². The van der Waals surface area contributed by atoms with E-state index in [9.17, 15) is 4.79 Å². The molecule has 4 nitrogen and oxygen atoms in total. The van der Waals surface area contributed by atoms with Crippen LogP contribution in [0.3, 0.4) is 0 Å². The van der Waals surface area contributed by atoms with Crippen LogP contribution >= 0.6 is 12.4 Å². The molecule has 0 radical (unpaired) electrons. The molecule has 0 unspecified atom stereocenters. The van der Waals surface area contributed by atoms with Crippen molar-refractivity contribution < 1.29 is 9.53 Å². The first-order valence-electron chi connectivity index (χ1n) is 7.98. The van der Waals surface area contributed by atoms with Gasteiger partial charge in [0.2, 0.25) is 5.91 Å². The van der Waals surface area contributed by atoms with Gasteiger partial charge in [0.05, 0.1) is 12.0 Å². The van der Waals surface area contributed by atoms with Crippen molar-refractivity contribution in [3.8, 4) is 0 Å². The van der Waals surface area contributed by atoms with E-state index < -0.39 is 0 Å². The zero-order valence-electron chi connectivity index (χ0n) is 13.7. The van der Waals surface area contributed by atoms with Gasteiger partial charge in [-0.25, -0.2) is 0 Å². The van der Waals surface area contributed by atoms with Gasteiger partial charge in [-0.3, -0.25) is 4.79 Å². The van der Waals surface area contributed by atoms with Crippen molar-refractivity contribution in [3.63, 3.8) is 0 Å². The van der Waals surface area contributed by atoms with E-state index >= 15 is 0 Å². The first-order valence-corrected chi connectivity index (χ1v) is 7.98. The minimum Gasteiger partial charge on any atom is -0.384 e. The van der Waals surface area contributed by atoms with Crippen LogP contribution in [0.4, 0.5) is 0 Å². The summed E-state index contributed by atoms with van der Waals surface area (Å²) < 4.78 is 5.39. The normalized spacial score (nSPS) is 24.8. The molecule has 0 aromatic rings. The summed E-state index contributed by atoms with van der Waals surface area (Å²) in [4.78, 5) is 15.2. The molecular weight excluding hydrogens is 288 g/mol. The number of hydrogen-bond acceptors (Lipinski definition) is 3. The van der Waals surface area contributed by atoms with Crippen LogP contribution < -0.4 is 5.32 Å². The Morgan fingerprint density at radius 2 is 1.81 bits per heavy atom. The number of likely N-dealkylation sites (tertiary alicyclic amines) is 1. The van der Waals surface area contributed by atoms with Crippen LogP contribution in [0.25, 0.3) is 0 Å². The standard InChI is InChI=1S/C16H30N2O2.ClH/c1-15(2)5-4-11-18(12-8-15)14(19)16(13-20-3)6-9-17-10-7-16;/h17H,4-13H2,1-3H3;1H. The Kier molecular flexibility index (Phi) is 6.95. The third kappa shape index (κ3) is 4.57. The number of methoxy groups -OCH3 is 1. The van der Waals surface area contributed by atoms with Gasteiger partial charge in [0.25, 0.3) is 0 Å². The Bertz CT molecular complexity index is 336. The molecule has 2 aliphatic heterocycles. The first kappa shape index (κ1) is 18.7. The van der Waals surface area contributed by atoms with E-state index in [0.29, 0.717) is 17.9 Å². The number of piperidine rings is 1. The molecule has 124 valence electrons. The Morgan fingerprint density at radius 1 is 1.14 bits per heavy atom. The maximum absolute atomic E-state index is 13.0. The molecule has 2 rings (SSSR count). The summed E-state index contributed by atoms with van der Waals surface area (Å²) in [7, 11) is 1.71. The van der Waals surface area contributed by atoms with Crippen molar-refractivity contribution in [2.45, 2.75) is 46.0 Å². The zero-order chi connectivity index (χ0) is 14.6. The third-order valence-corrected chi connectivity index (χ3v) is 5.06. The number of hydrogen-bond donors (Lipinski definition) is 1. The van der Waals surface area contributed by atoms with E-state index in [1.165, 1.54) is 6.42 Å². The molecule has 0 aromatic carbocycles. The van der Waals surface area contributed by atoms with Crippen molar-refractivity contribution in [2.75, 3.05) is 39.9 Å². The zero-order valence-corrected chi connectivity index (χ0v) is 14.6. The molecule has 1 amide bonds. The molecule has 2 heterocycles. The highest BCUT2D eigenvalue weighted by atomic mass is 35.5. The van der Waals surface area contributed by atoms with Crippen LogP contribution in [0.15, 0.2) is 0 Å². The van der Waals surface area contributed by atoms with E-state index in [1.807, 2.05) is 0 Å². The van der Waals surface area contributed by atoms with Crippen molar-refractivity contribution in [1.82, 2.24) is 10.2 Å². The van der Waals surface area contributed by atoms with Crippen LogP contribution in [0, 0.1) is 10.8 Å². The average molecular weight is 319 g/mol. The lowest BCUT2D eigenvalue weighted by molar-refractivity contribution is -0.147. The van der Waals surface area contributed by atoms with Gasteiger partial charge < -0.3 is 15.0 Å². The summed E-state index contributed by atoms with van der Waals surface area (Å²) in [5.41, 5.74) is 0.0893. The Hall–Kier alpha value is -0.320. The predicted octanol–water partition coefficient (Wildman–Crippen LogP) is 2.46. The fourth-order valence-corrected chi connectivity index (χ4v) is 3.56. The minimum atomic E-state index is -0.283. The molecule has 0 bridgehead atoms. The van der Waals surface area contributed by atoms with Gasteiger partial charge in [-0.2, -0.15) is 0 Å². The molecule has 1 N–H and O–H groups in total. The van der Waals surface area contributed by atoms with Crippen LogP contribution in [-0.4, -0.2) is 50.7 Å². The van der Waals surface area contributed by atoms with E-state index in [1.54, 1.807) is 7.11 Å². The quantitative estimate of drug-likeness (QED) is 0.869. The number of carbonyl (C=O) groups excluding carboxylic acids is 1. The Balaban J connectivity index is 0.00000220. The third-order valence-electron chi connectivity index (χ3n) is 5.06. The lowest BCUT2D eigenvalue weighted by Crippen LogP contribution is -2.51. The van der Waals surface area contributed by atoms with Crippen LogP contribution in [0.2, 0.25) is 0 Å². The summed E-state index contributed by atoms with van der Waals surface area (Å²) >= 11 is 0. The highest BCUT2D eigenvalue weighted by Crippen LogP contribution is 2.35. The van der Waals surface area contributed by atoms with Gasteiger partial charge in [0, 0.05) is 20.2 Å². The second-order valence-electron chi connectivity index (χ2n) is 7.27. The minimum absolute atomic E-state index is 0. The SMILES string of the molecule is COCC1(C(=O)N2CCCC(C)(C)CC2)CCNCC1.Cl. The van der Waals surface area contributed by atoms with Gasteiger partial charge in [0.1, 0.15) is 0 Å². The van der Waals surface area contributed by atoms with E-state index in [4.69, 9.17) is 4.74 Å². The Morgan fingerprint density at radius 3 is 2.43 bits per heavy atom.